The molecule has 3 nitrogen and oxygen atoms in total. The summed E-state index contributed by atoms with van der Waals surface area (Å²) in [5.74, 6) is 0.601. The molecule has 0 amide bonds. The van der Waals surface area contributed by atoms with Gasteiger partial charge in [-0.2, -0.15) is 0 Å². The maximum atomic E-state index is 5.95. The highest BCUT2D eigenvalue weighted by Gasteiger charge is 2.16. The van der Waals surface area contributed by atoms with E-state index in [-0.39, 0.29) is 6.29 Å². The Morgan fingerprint density at radius 1 is 1.47 bits per heavy atom. The third-order valence-corrected chi connectivity index (χ3v) is 3.05. The Labute approximate surface area is 107 Å². The van der Waals surface area contributed by atoms with Crippen molar-refractivity contribution in [3.63, 3.8) is 0 Å². The number of hydrogen-bond acceptors (Lipinski definition) is 3. The summed E-state index contributed by atoms with van der Waals surface area (Å²) in [5, 5.41) is 0.399. The van der Waals surface area contributed by atoms with Crippen molar-refractivity contribution in [3.8, 4) is 5.75 Å². The molecule has 2 rings (SSSR count). The Hall–Kier alpha value is -0.0700. The average Bonchev–Trinajstić information content (AvgIpc) is 2.24. The minimum absolute atomic E-state index is 0.168. The van der Waals surface area contributed by atoms with Crippen LogP contribution in [-0.4, -0.2) is 17.9 Å². The smallest absolute Gasteiger partial charge is 0.199 e. The van der Waals surface area contributed by atoms with E-state index >= 15 is 0 Å². The largest absolute Gasteiger partial charge is 0.462 e. The number of pyridine rings is 1. The molecule has 0 saturated carbocycles. The fourth-order valence-electron chi connectivity index (χ4n) is 1.43. The zero-order chi connectivity index (χ0) is 10.7. The van der Waals surface area contributed by atoms with Gasteiger partial charge in [0.25, 0.3) is 0 Å². The van der Waals surface area contributed by atoms with Gasteiger partial charge in [0.15, 0.2) is 17.2 Å². The molecule has 15 heavy (non-hydrogen) atoms. The van der Waals surface area contributed by atoms with Gasteiger partial charge in [-0.25, -0.2) is 4.98 Å². The second kappa shape index (κ2) is 5.32. The highest BCUT2D eigenvalue weighted by atomic mass is 127. The van der Waals surface area contributed by atoms with Crippen LogP contribution in [0.4, 0.5) is 0 Å². The van der Waals surface area contributed by atoms with Crippen LogP contribution < -0.4 is 4.74 Å². The van der Waals surface area contributed by atoms with E-state index in [1.807, 2.05) is 12.1 Å². The van der Waals surface area contributed by atoms with Crippen molar-refractivity contribution in [2.24, 2.45) is 0 Å². The number of rotatable bonds is 2. The van der Waals surface area contributed by atoms with Crippen molar-refractivity contribution < 1.29 is 9.47 Å². The third kappa shape index (κ3) is 3.19. The van der Waals surface area contributed by atoms with E-state index in [0.717, 1.165) is 29.6 Å². The molecule has 1 aromatic rings. The first-order chi connectivity index (χ1) is 7.25. The van der Waals surface area contributed by atoms with Crippen molar-refractivity contribution in [1.29, 1.82) is 0 Å². The Bertz CT molecular complexity index is 342. The lowest BCUT2D eigenvalue weighted by atomic mass is 10.2. The molecule has 82 valence electrons. The maximum Gasteiger partial charge on any atom is 0.199 e. The topological polar surface area (TPSA) is 31.4 Å². The lowest BCUT2D eigenvalue weighted by molar-refractivity contribution is -0.106. The SMILES string of the molecule is Clc1nc(I)ccc1OC1CCCCO1. The van der Waals surface area contributed by atoms with Gasteiger partial charge in [0.2, 0.25) is 0 Å². The third-order valence-electron chi connectivity index (χ3n) is 2.18. The van der Waals surface area contributed by atoms with Gasteiger partial charge in [-0.1, -0.05) is 11.6 Å². The van der Waals surface area contributed by atoms with Gasteiger partial charge in [0.1, 0.15) is 3.70 Å². The predicted octanol–water partition coefficient (Wildman–Crippen LogP) is 3.25. The van der Waals surface area contributed by atoms with Crippen molar-refractivity contribution >= 4 is 34.2 Å². The monoisotopic (exact) mass is 339 g/mol. The minimum atomic E-state index is -0.168. The van der Waals surface area contributed by atoms with Crippen LogP contribution >= 0.6 is 34.2 Å². The zero-order valence-electron chi connectivity index (χ0n) is 8.08. The number of halogens is 2. The quantitative estimate of drug-likeness (QED) is 0.612. The first-order valence-corrected chi connectivity index (χ1v) is 6.32. The van der Waals surface area contributed by atoms with Crippen molar-refractivity contribution in [2.75, 3.05) is 6.61 Å². The van der Waals surface area contributed by atoms with Gasteiger partial charge in [0, 0.05) is 6.42 Å². The standard InChI is InChI=1S/C10H11ClINO2/c11-10-7(4-5-8(12)13-10)15-9-3-1-2-6-14-9/h4-5,9H,1-3,6H2. The van der Waals surface area contributed by atoms with Gasteiger partial charge < -0.3 is 9.47 Å². The van der Waals surface area contributed by atoms with Crippen LogP contribution in [0.2, 0.25) is 5.15 Å². The zero-order valence-corrected chi connectivity index (χ0v) is 11.0. The molecule has 1 fully saturated rings. The first kappa shape index (κ1) is 11.4. The molecule has 1 atom stereocenters. The summed E-state index contributed by atoms with van der Waals surface area (Å²) < 4.78 is 11.9. The molecular formula is C10H11ClINO2. The molecule has 1 aliphatic heterocycles. The van der Waals surface area contributed by atoms with E-state index in [9.17, 15) is 0 Å². The van der Waals surface area contributed by atoms with E-state index in [1.54, 1.807) is 0 Å². The molecule has 0 aromatic carbocycles. The summed E-state index contributed by atoms with van der Waals surface area (Å²) in [5.41, 5.74) is 0. The molecule has 1 unspecified atom stereocenters. The highest BCUT2D eigenvalue weighted by molar-refractivity contribution is 14.1. The molecule has 0 bridgehead atoms. The second-order valence-electron chi connectivity index (χ2n) is 3.34. The fraction of sp³-hybridized carbons (Fsp3) is 0.500. The van der Waals surface area contributed by atoms with Gasteiger partial charge in [-0.3, -0.25) is 0 Å². The number of hydrogen-bond donors (Lipinski definition) is 0. The van der Waals surface area contributed by atoms with Gasteiger partial charge in [0.05, 0.1) is 6.61 Å². The molecule has 0 aliphatic carbocycles. The first-order valence-electron chi connectivity index (χ1n) is 4.86. The Kier molecular flexibility index (Phi) is 4.05. The van der Waals surface area contributed by atoms with Crippen LogP contribution in [0.5, 0.6) is 5.75 Å². The molecule has 0 radical (unpaired) electrons. The molecule has 1 aromatic heterocycles. The summed E-state index contributed by atoms with van der Waals surface area (Å²) in [6.07, 6.45) is 3.00. The van der Waals surface area contributed by atoms with E-state index in [0.29, 0.717) is 10.9 Å². The minimum Gasteiger partial charge on any atom is -0.462 e. The Morgan fingerprint density at radius 3 is 3.00 bits per heavy atom. The lowest BCUT2D eigenvalue weighted by Crippen LogP contribution is -2.25. The van der Waals surface area contributed by atoms with Gasteiger partial charge in [-0.15, -0.1) is 0 Å². The predicted molar refractivity (Wildman–Crippen MR) is 66.2 cm³/mol. The average molecular weight is 340 g/mol. The van der Waals surface area contributed by atoms with Crippen molar-refractivity contribution in [3.05, 3.63) is 21.0 Å². The Morgan fingerprint density at radius 2 is 2.33 bits per heavy atom. The van der Waals surface area contributed by atoms with Crippen LogP contribution in [0, 0.1) is 3.70 Å². The normalized spacial score (nSPS) is 21.3. The summed E-state index contributed by atoms with van der Waals surface area (Å²) in [7, 11) is 0. The molecule has 1 saturated heterocycles. The fourth-order valence-corrected chi connectivity index (χ4v) is 2.20. The lowest BCUT2D eigenvalue weighted by Gasteiger charge is -2.23. The second-order valence-corrected chi connectivity index (χ2v) is 4.80. The van der Waals surface area contributed by atoms with E-state index < -0.39 is 0 Å². The summed E-state index contributed by atoms with van der Waals surface area (Å²) >= 11 is 8.06. The van der Waals surface area contributed by atoms with Crippen LogP contribution in [0.3, 0.4) is 0 Å². The molecule has 0 N–H and O–H groups in total. The van der Waals surface area contributed by atoms with Crippen LogP contribution in [0.25, 0.3) is 0 Å². The summed E-state index contributed by atoms with van der Waals surface area (Å²) in [6.45, 7) is 0.764. The molecular weight excluding hydrogens is 328 g/mol. The van der Waals surface area contributed by atoms with Crippen LogP contribution in [0.1, 0.15) is 19.3 Å². The van der Waals surface area contributed by atoms with E-state index in [4.69, 9.17) is 21.1 Å². The van der Waals surface area contributed by atoms with Crippen molar-refractivity contribution in [2.45, 2.75) is 25.6 Å². The number of aromatic nitrogens is 1. The highest BCUT2D eigenvalue weighted by Crippen LogP contribution is 2.26. The van der Waals surface area contributed by atoms with Crippen molar-refractivity contribution in [1.82, 2.24) is 4.98 Å². The molecule has 0 spiro atoms. The van der Waals surface area contributed by atoms with Crippen LogP contribution in [-0.2, 0) is 4.74 Å². The van der Waals surface area contributed by atoms with E-state index in [1.165, 1.54) is 0 Å². The maximum absolute atomic E-state index is 5.95. The molecule has 1 aliphatic rings. The summed E-state index contributed by atoms with van der Waals surface area (Å²) in [4.78, 5) is 4.11. The Balaban J connectivity index is 2.03. The van der Waals surface area contributed by atoms with Gasteiger partial charge in [-0.05, 0) is 47.6 Å². The molecule has 5 heteroatoms. The van der Waals surface area contributed by atoms with E-state index in [2.05, 4.69) is 27.6 Å². The summed E-state index contributed by atoms with van der Waals surface area (Å²) in [6, 6.07) is 3.69. The molecule has 2 heterocycles. The number of nitrogens with zero attached hydrogens (tertiary/aromatic N) is 1. The number of ether oxygens (including phenoxy) is 2. The van der Waals surface area contributed by atoms with Gasteiger partial charge >= 0.3 is 0 Å². The van der Waals surface area contributed by atoms with Crippen LogP contribution in [0.15, 0.2) is 12.1 Å².